The van der Waals surface area contributed by atoms with Gasteiger partial charge in [0.25, 0.3) is 0 Å². The summed E-state index contributed by atoms with van der Waals surface area (Å²) in [5, 5.41) is 0. The Hall–Kier alpha value is -2.42. The molecule has 2 saturated carbocycles. The Kier molecular flexibility index (Phi) is 4.21. The molecular formula is C24H26O3. The molecule has 0 amide bonds. The van der Waals surface area contributed by atoms with Gasteiger partial charge in [0.05, 0.1) is 0 Å². The van der Waals surface area contributed by atoms with Crippen molar-refractivity contribution in [1.82, 2.24) is 0 Å². The van der Waals surface area contributed by atoms with Crippen LogP contribution in [0.25, 0.3) is 0 Å². The molecular weight excluding hydrogens is 336 g/mol. The first kappa shape index (κ1) is 18.0. The SMILES string of the molecule is Cc1ccc([C@@H](OC(=O)[C@]23CC[C@H](CC2=O)C3(C)C)c2ccccc2)cc1. The second-order valence-corrected chi connectivity index (χ2v) is 8.60. The van der Waals surface area contributed by atoms with Crippen molar-refractivity contribution in [2.75, 3.05) is 0 Å². The molecule has 140 valence electrons. The van der Waals surface area contributed by atoms with Crippen LogP contribution in [-0.2, 0) is 14.3 Å². The number of fused-ring (bicyclic) bond motifs is 2. The van der Waals surface area contributed by atoms with E-state index in [1.165, 1.54) is 0 Å². The van der Waals surface area contributed by atoms with Crippen molar-refractivity contribution in [3.8, 4) is 0 Å². The summed E-state index contributed by atoms with van der Waals surface area (Å²) in [6, 6.07) is 17.8. The Morgan fingerprint density at radius 3 is 2.22 bits per heavy atom. The zero-order chi connectivity index (χ0) is 19.2. The van der Waals surface area contributed by atoms with Crippen molar-refractivity contribution in [2.24, 2.45) is 16.7 Å². The van der Waals surface area contributed by atoms with Gasteiger partial charge in [-0.2, -0.15) is 0 Å². The number of ether oxygens (including phenoxy) is 1. The molecule has 0 N–H and O–H groups in total. The number of rotatable bonds is 4. The highest BCUT2D eigenvalue weighted by Gasteiger charge is 2.69. The third-order valence-corrected chi connectivity index (χ3v) is 6.95. The normalized spacial score (nSPS) is 26.8. The Morgan fingerprint density at radius 1 is 1.04 bits per heavy atom. The van der Waals surface area contributed by atoms with Crippen molar-refractivity contribution in [3.63, 3.8) is 0 Å². The van der Waals surface area contributed by atoms with Gasteiger partial charge in [-0.15, -0.1) is 0 Å². The summed E-state index contributed by atoms with van der Waals surface area (Å²) in [5.41, 5.74) is 1.67. The minimum atomic E-state index is -0.991. The zero-order valence-electron chi connectivity index (χ0n) is 16.2. The molecule has 0 heterocycles. The monoisotopic (exact) mass is 362 g/mol. The smallest absolute Gasteiger partial charge is 0.321 e. The van der Waals surface area contributed by atoms with Gasteiger partial charge >= 0.3 is 5.97 Å². The lowest BCUT2D eigenvalue weighted by Gasteiger charge is -2.35. The molecule has 2 aliphatic rings. The molecule has 3 nitrogen and oxygen atoms in total. The molecule has 0 spiro atoms. The van der Waals surface area contributed by atoms with Crippen molar-refractivity contribution in [2.45, 2.75) is 46.1 Å². The maximum Gasteiger partial charge on any atom is 0.321 e. The second kappa shape index (κ2) is 6.33. The van der Waals surface area contributed by atoms with Gasteiger partial charge in [0.1, 0.15) is 5.41 Å². The quantitative estimate of drug-likeness (QED) is 0.566. The number of benzene rings is 2. The van der Waals surface area contributed by atoms with Gasteiger partial charge in [-0.1, -0.05) is 74.0 Å². The van der Waals surface area contributed by atoms with E-state index in [1.807, 2.05) is 61.5 Å². The van der Waals surface area contributed by atoms with Gasteiger partial charge in [0.2, 0.25) is 0 Å². The number of ketones is 1. The first-order chi connectivity index (χ1) is 12.9. The average molecular weight is 362 g/mol. The maximum atomic E-state index is 13.4. The largest absolute Gasteiger partial charge is 0.452 e. The molecule has 27 heavy (non-hydrogen) atoms. The summed E-state index contributed by atoms with van der Waals surface area (Å²) < 4.78 is 6.11. The Labute approximate surface area is 160 Å². The topological polar surface area (TPSA) is 43.4 Å². The highest BCUT2D eigenvalue weighted by molar-refractivity contribution is 6.07. The molecule has 2 aromatic carbocycles. The number of carbonyl (C=O) groups is 2. The van der Waals surface area contributed by atoms with E-state index in [0.717, 1.165) is 23.1 Å². The molecule has 3 heteroatoms. The molecule has 4 rings (SSSR count). The summed E-state index contributed by atoms with van der Waals surface area (Å²) in [5.74, 6) is -0.0107. The number of carbonyl (C=O) groups excluding carboxylic acids is 2. The van der Waals surface area contributed by atoms with Gasteiger partial charge < -0.3 is 4.74 Å². The summed E-state index contributed by atoms with van der Waals surface area (Å²) in [6.07, 6.45) is 1.53. The van der Waals surface area contributed by atoms with Gasteiger partial charge in [-0.3, -0.25) is 9.59 Å². The Bertz CT molecular complexity index is 866. The average Bonchev–Trinajstić information content (AvgIpc) is 3.03. The van der Waals surface area contributed by atoms with Gasteiger partial charge in [-0.05, 0) is 42.2 Å². The first-order valence-corrected chi connectivity index (χ1v) is 9.72. The van der Waals surface area contributed by atoms with E-state index in [2.05, 4.69) is 13.8 Å². The van der Waals surface area contributed by atoms with Crippen LogP contribution in [0.3, 0.4) is 0 Å². The van der Waals surface area contributed by atoms with Crippen molar-refractivity contribution >= 4 is 11.8 Å². The van der Waals surface area contributed by atoms with E-state index in [0.29, 0.717) is 12.8 Å². The fraction of sp³-hybridized carbons (Fsp3) is 0.417. The van der Waals surface area contributed by atoms with Gasteiger partial charge in [0, 0.05) is 6.42 Å². The molecule has 2 bridgehead atoms. The van der Waals surface area contributed by atoms with Crippen LogP contribution in [0, 0.1) is 23.7 Å². The molecule has 0 radical (unpaired) electrons. The van der Waals surface area contributed by atoms with Crippen LogP contribution in [-0.4, -0.2) is 11.8 Å². The van der Waals surface area contributed by atoms with Crippen LogP contribution in [0.5, 0.6) is 0 Å². The Morgan fingerprint density at radius 2 is 1.67 bits per heavy atom. The minimum absolute atomic E-state index is 0.0597. The number of aryl methyl sites for hydroxylation is 1. The highest BCUT2D eigenvalue weighted by atomic mass is 16.5. The summed E-state index contributed by atoms with van der Waals surface area (Å²) in [6.45, 7) is 6.14. The van der Waals surface area contributed by atoms with Crippen LogP contribution in [0.1, 0.15) is 55.9 Å². The molecule has 2 fully saturated rings. The summed E-state index contributed by atoms with van der Waals surface area (Å²) >= 11 is 0. The van der Waals surface area contributed by atoms with Crippen molar-refractivity contribution < 1.29 is 14.3 Å². The van der Waals surface area contributed by atoms with Gasteiger partial charge in [0.15, 0.2) is 11.9 Å². The van der Waals surface area contributed by atoms with E-state index in [1.54, 1.807) is 0 Å². The molecule has 2 aliphatic carbocycles. The molecule has 0 aliphatic heterocycles. The van der Waals surface area contributed by atoms with Crippen LogP contribution in [0.15, 0.2) is 54.6 Å². The van der Waals surface area contributed by atoms with Crippen LogP contribution in [0.4, 0.5) is 0 Å². The van der Waals surface area contributed by atoms with Crippen molar-refractivity contribution in [3.05, 3.63) is 71.3 Å². The van der Waals surface area contributed by atoms with Crippen LogP contribution < -0.4 is 0 Å². The maximum absolute atomic E-state index is 13.4. The second-order valence-electron chi connectivity index (χ2n) is 8.60. The zero-order valence-corrected chi connectivity index (χ0v) is 16.2. The summed E-state index contributed by atoms with van der Waals surface area (Å²) in [4.78, 5) is 26.2. The molecule has 3 atom stereocenters. The fourth-order valence-electron chi connectivity index (χ4n) is 5.06. The standard InChI is InChI=1S/C24H26O3/c1-16-9-11-18(12-10-16)21(17-7-5-4-6-8-17)27-22(26)24-14-13-19(15-20(24)25)23(24,2)3/h4-12,19,21H,13-15H2,1-3H3/t19-,21+,24+/m1/s1. The van der Waals surface area contributed by atoms with Crippen molar-refractivity contribution in [1.29, 1.82) is 0 Å². The molecule has 0 saturated heterocycles. The number of hydrogen-bond donors (Lipinski definition) is 0. The third kappa shape index (κ3) is 2.63. The lowest BCUT2D eigenvalue weighted by atomic mass is 9.69. The minimum Gasteiger partial charge on any atom is -0.452 e. The van der Waals surface area contributed by atoms with E-state index in [4.69, 9.17) is 4.74 Å². The van der Waals surface area contributed by atoms with Gasteiger partial charge in [-0.25, -0.2) is 0 Å². The van der Waals surface area contributed by atoms with Crippen LogP contribution in [0.2, 0.25) is 0 Å². The summed E-state index contributed by atoms with van der Waals surface area (Å²) in [7, 11) is 0. The fourth-order valence-corrected chi connectivity index (χ4v) is 5.06. The lowest BCUT2D eigenvalue weighted by Crippen LogP contribution is -2.45. The molecule has 0 aromatic heterocycles. The highest BCUT2D eigenvalue weighted by Crippen LogP contribution is 2.64. The number of hydrogen-bond acceptors (Lipinski definition) is 3. The number of Topliss-reactive ketones (excluding diaryl/α,β-unsaturated/α-hetero) is 1. The lowest BCUT2D eigenvalue weighted by molar-refractivity contribution is -0.168. The van der Waals surface area contributed by atoms with E-state index < -0.39 is 11.5 Å². The molecule has 0 unspecified atom stereocenters. The van der Waals surface area contributed by atoms with E-state index >= 15 is 0 Å². The predicted octanol–water partition coefficient (Wildman–Crippen LogP) is 5.02. The number of esters is 1. The molecule has 2 aromatic rings. The van der Waals surface area contributed by atoms with E-state index in [9.17, 15) is 9.59 Å². The van der Waals surface area contributed by atoms with E-state index in [-0.39, 0.29) is 23.1 Å². The van der Waals surface area contributed by atoms with Crippen LogP contribution >= 0.6 is 0 Å². The first-order valence-electron chi connectivity index (χ1n) is 9.72. The Balaban J connectivity index is 1.71. The third-order valence-electron chi connectivity index (χ3n) is 6.95. The predicted molar refractivity (Wildman–Crippen MR) is 104 cm³/mol.